The number of hydrogen-bond donors (Lipinski definition) is 1. The highest BCUT2D eigenvalue weighted by atomic mass is 32.1. The lowest BCUT2D eigenvalue weighted by atomic mass is 10.2. The molecular formula is C17H16N2O4S. The monoisotopic (exact) mass is 344 g/mol. The van der Waals surface area contributed by atoms with E-state index in [1.807, 2.05) is 31.2 Å². The lowest BCUT2D eigenvalue weighted by molar-refractivity contribution is -0.122. The average molecular weight is 344 g/mol. The van der Waals surface area contributed by atoms with Crippen LogP contribution in [-0.2, 0) is 9.53 Å². The van der Waals surface area contributed by atoms with Crippen molar-refractivity contribution in [1.29, 1.82) is 5.26 Å². The number of nitriles is 1. The van der Waals surface area contributed by atoms with Crippen LogP contribution in [0.4, 0.5) is 5.00 Å². The van der Waals surface area contributed by atoms with Gasteiger partial charge in [0.2, 0.25) is 0 Å². The number of aryl methyl sites for hydroxylation is 1. The van der Waals surface area contributed by atoms with Gasteiger partial charge in [-0.3, -0.25) is 4.79 Å². The van der Waals surface area contributed by atoms with Gasteiger partial charge in [0.1, 0.15) is 21.7 Å². The number of benzene rings is 1. The van der Waals surface area contributed by atoms with Crippen molar-refractivity contribution in [2.45, 2.75) is 20.0 Å². The van der Waals surface area contributed by atoms with Crippen LogP contribution in [0.3, 0.4) is 0 Å². The maximum absolute atomic E-state index is 12.3. The summed E-state index contributed by atoms with van der Waals surface area (Å²) in [5.41, 5.74) is 1.23. The van der Waals surface area contributed by atoms with Gasteiger partial charge in [-0.05, 0) is 37.6 Å². The van der Waals surface area contributed by atoms with E-state index < -0.39 is 18.0 Å². The molecule has 0 spiro atoms. The van der Waals surface area contributed by atoms with Crippen molar-refractivity contribution in [3.05, 3.63) is 46.3 Å². The van der Waals surface area contributed by atoms with Gasteiger partial charge in [0.25, 0.3) is 5.91 Å². The molecule has 0 aliphatic carbocycles. The number of methoxy groups -OCH3 is 1. The Morgan fingerprint density at radius 1 is 1.33 bits per heavy atom. The summed E-state index contributed by atoms with van der Waals surface area (Å²) in [7, 11) is 1.25. The van der Waals surface area contributed by atoms with Crippen molar-refractivity contribution >= 4 is 28.2 Å². The van der Waals surface area contributed by atoms with Crippen LogP contribution in [-0.4, -0.2) is 25.1 Å². The highest BCUT2D eigenvalue weighted by Crippen LogP contribution is 2.28. The summed E-state index contributed by atoms with van der Waals surface area (Å²) in [4.78, 5) is 24.0. The molecular weight excluding hydrogens is 328 g/mol. The number of nitrogens with zero attached hydrogens (tertiary/aromatic N) is 1. The van der Waals surface area contributed by atoms with Crippen molar-refractivity contribution in [2.24, 2.45) is 0 Å². The van der Waals surface area contributed by atoms with Crippen molar-refractivity contribution in [3.63, 3.8) is 0 Å². The third-order valence-electron chi connectivity index (χ3n) is 3.15. The number of carbonyl (C=O) groups is 2. The largest absolute Gasteiger partial charge is 0.481 e. The molecule has 1 aromatic carbocycles. The van der Waals surface area contributed by atoms with Gasteiger partial charge in [0.15, 0.2) is 6.10 Å². The second kappa shape index (κ2) is 7.62. The second-order valence-electron chi connectivity index (χ2n) is 5.02. The molecule has 1 amide bonds. The van der Waals surface area contributed by atoms with Crippen LogP contribution in [0.5, 0.6) is 5.75 Å². The van der Waals surface area contributed by atoms with E-state index in [9.17, 15) is 9.59 Å². The zero-order chi connectivity index (χ0) is 17.7. The highest BCUT2D eigenvalue weighted by Gasteiger charge is 2.20. The van der Waals surface area contributed by atoms with E-state index in [1.165, 1.54) is 13.2 Å². The fourth-order valence-corrected chi connectivity index (χ4v) is 2.86. The first-order valence-corrected chi connectivity index (χ1v) is 7.92. The quantitative estimate of drug-likeness (QED) is 0.842. The Morgan fingerprint density at radius 3 is 2.71 bits per heavy atom. The summed E-state index contributed by atoms with van der Waals surface area (Å²) in [5.74, 6) is -0.382. The Balaban J connectivity index is 2.10. The van der Waals surface area contributed by atoms with Crippen molar-refractivity contribution in [2.75, 3.05) is 12.4 Å². The number of nitrogens with one attached hydrogen (secondary N) is 1. The molecule has 7 heteroatoms. The zero-order valence-corrected chi connectivity index (χ0v) is 14.3. The first kappa shape index (κ1) is 17.5. The Morgan fingerprint density at radius 2 is 2.08 bits per heavy atom. The minimum atomic E-state index is -0.762. The highest BCUT2D eigenvalue weighted by molar-refractivity contribution is 7.18. The van der Waals surface area contributed by atoms with E-state index in [4.69, 9.17) is 10.00 Å². The number of hydrogen-bond acceptors (Lipinski definition) is 6. The molecule has 1 N–H and O–H groups in total. The smallest absolute Gasteiger partial charge is 0.348 e. The first-order chi connectivity index (χ1) is 11.4. The summed E-state index contributed by atoms with van der Waals surface area (Å²) in [6, 6.07) is 10.7. The van der Waals surface area contributed by atoms with Gasteiger partial charge >= 0.3 is 5.97 Å². The van der Waals surface area contributed by atoms with Crippen molar-refractivity contribution < 1.29 is 19.1 Å². The Kier molecular flexibility index (Phi) is 5.55. The second-order valence-corrected chi connectivity index (χ2v) is 6.07. The molecule has 0 bridgehead atoms. The maximum atomic E-state index is 12.3. The number of anilines is 1. The summed E-state index contributed by atoms with van der Waals surface area (Å²) < 4.78 is 10.2. The molecule has 0 fully saturated rings. The minimum Gasteiger partial charge on any atom is -0.481 e. The van der Waals surface area contributed by atoms with E-state index in [-0.39, 0.29) is 10.4 Å². The molecule has 6 nitrogen and oxygen atoms in total. The molecule has 1 atom stereocenters. The van der Waals surface area contributed by atoms with E-state index in [2.05, 4.69) is 10.1 Å². The fraction of sp³-hybridized carbons (Fsp3) is 0.235. The number of thiophene rings is 1. The van der Waals surface area contributed by atoms with Crippen LogP contribution in [0.25, 0.3) is 0 Å². The topological polar surface area (TPSA) is 88.4 Å². The van der Waals surface area contributed by atoms with E-state index in [0.29, 0.717) is 10.8 Å². The molecule has 0 aliphatic heterocycles. The van der Waals surface area contributed by atoms with Gasteiger partial charge in [0, 0.05) is 0 Å². The number of carbonyl (C=O) groups excluding carboxylic acids is 2. The minimum absolute atomic E-state index is 0.205. The van der Waals surface area contributed by atoms with Gasteiger partial charge in [-0.1, -0.05) is 12.1 Å². The summed E-state index contributed by atoms with van der Waals surface area (Å²) >= 11 is 0.987. The van der Waals surface area contributed by atoms with Gasteiger partial charge in [-0.25, -0.2) is 4.79 Å². The molecule has 24 heavy (non-hydrogen) atoms. The maximum Gasteiger partial charge on any atom is 0.348 e. The van der Waals surface area contributed by atoms with E-state index in [1.54, 1.807) is 13.0 Å². The van der Waals surface area contributed by atoms with Gasteiger partial charge < -0.3 is 14.8 Å². The molecule has 0 unspecified atom stereocenters. The van der Waals surface area contributed by atoms with Crippen LogP contribution >= 0.6 is 11.3 Å². The molecule has 0 aliphatic rings. The molecule has 124 valence electrons. The molecule has 2 aromatic rings. The lowest BCUT2D eigenvalue weighted by Gasteiger charge is -2.14. The summed E-state index contributed by atoms with van der Waals surface area (Å²) in [5, 5.41) is 12.0. The Labute approximate surface area is 143 Å². The van der Waals surface area contributed by atoms with Crippen LogP contribution in [0.15, 0.2) is 30.3 Å². The van der Waals surface area contributed by atoms with Crippen LogP contribution in [0.1, 0.15) is 27.7 Å². The van der Waals surface area contributed by atoms with Crippen molar-refractivity contribution in [3.8, 4) is 11.8 Å². The number of rotatable bonds is 5. The fourth-order valence-electron chi connectivity index (χ4n) is 1.93. The van der Waals surface area contributed by atoms with Crippen LogP contribution in [0, 0.1) is 18.3 Å². The van der Waals surface area contributed by atoms with Gasteiger partial charge in [0.05, 0.1) is 12.7 Å². The molecule has 0 radical (unpaired) electrons. The van der Waals surface area contributed by atoms with Gasteiger partial charge in [-0.15, -0.1) is 11.3 Å². The first-order valence-electron chi connectivity index (χ1n) is 7.11. The number of amides is 1. The normalized spacial score (nSPS) is 11.2. The Hall–Kier alpha value is -2.85. The van der Waals surface area contributed by atoms with E-state index >= 15 is 0 Å². The predicted octanol–water partition coefficient (Wildman–Crippen LogP) is 3.12. The summed E-state index contributed by atoms with van der Waals surface area (Å²) in [6.45, 7) is 3.54. The molecule has 0 saturated carbocycles. The molecule has 1 aromatic heterocycles. The van der Waals surface area contributed by atoms with Crippen molar-refractivity contribution in [1.82, 2.24) is 0 Å². The number of ether oxygens (including phenoxy) is 2. The summed E-state index contributed by atoms with van der Waals surface area (Å²) in [6.07, 6.45) is -0.762. The Bertz CT molecular complexity index is 807. The van der Waals surface area contributed by atoms with Crippen LogP contribution < -0.4 is 10.1 Å². The average Bonchev–Trinajstić information content (AvgIpc) is 2.97. The predicted molar refractivity (Wildman–Crippen MR) is 90.3 cm³/mol. The zero-order valence-electron chi connectivity index (χ0n) is 13.5. The third kappa shape index (κ3) is 4.12. The molecule has 1 heterocycles. The third-order valence-corrected chi connectivity index (χ3v) is 4.18. The van der Waals surface area contributed by atoms with Crippen LogP contribution in [0.2, 0.25) is 0 Å². The van der Waals surface area contributed by atoms with Gasteiger partial charge in [-0.2, -0.15) is 5.26 Å². The SMILES string of the molecule is COC(=O)c1cc(C#N)c(NC(=O)[C@@H](C)Oc2cccc(C)c2)s1. The standard InChI is InChI=1S/C17H16N2O4S/c1-10-5-4-6-13(7-10)23-11(2)15(20)19-16-12(9-18)8-14(24-16)17(21)22-3/h4-8,11H,1-3H3,(H,19,20)/t11-/m1/s1. The number of esters is 1. The molecule has 0 saturated heterocycles. The molecule has 2 rings (SSSR count). The van der Waals surface area contributed by atoms with E-state index in [0.717, 1.165) is 16.9 Å². The lowest BCUT2D eigenvalue weighted by Crippen LogP contribution is -2.30.